The fourth-order valence-corrected chi connectivity index (χ4v) is 4.17. The number of carbonyl (C=O) groups excluding carboxylic acids is 5. The van der Waals surface area contributed by atoms with Crippen LogP contribution in [0.3, 0.4) is 0 Å². The van der Waals surface area contributed by atoms with E-state index in [1.807, 2.05) is 0 Å². The summed E-state index contributed by atoms with van der Waals surface area (Å²) in [5.41, 5.74) is 5.86. The van der Waals surface area contributed by atoms with Crippen molar-refractivity contribution in [3.63, 3.8) is 0 Å². The highest BCUT2D eigenvalue weighted by Crippen LogP contribution is 2.34. The zero-order chi connectivity index (χ0) is 29.7. The zero-order valence-corrected chi connectivity index (χ0v) is 22.7. The number of nitrogens with two attached hydrogens (primary N) is 1. The molecular weight excluding hydrogens is 542 g/mol. The van der Waals surface area contributed by atoms with Gasteiger partial charge < -0.3 is 40.7 Å². The molecule has 3 rings (SSSR count). The van der Waals surface area contributed by atoms with Gasteiger partial charge in [-0.2, -0.15) is 0 Å². The Balaban J connectivity index is 1.92. The van der Waals surface area contributed by atoms with E-state index in [4.69, 9.17) is 22.7 Å². The Labute approximate surface area is 233 Å². The first-order valence-corrected chi connectivity index (χ1v) is 12.1. The minimum absolute atomic E-state index is 0.0647. The summed E-state index contributed by atoms with van der Waals surface area (Å²) in [7, 11) is 4.64. The van der Waals surface area contributed by atoms with Crippen molar-refractivity contribution in [1.82, 2.24) is 19.0 Å². The van der Waals surface area contributed by atoms with E-state index in [1.54, 1.807) is 14.1 Å². The quantitative estimate of drug-likeness (QED) is 0.0632. The number of amidine groups is 1. The molecule has 0 aliphatic rings. The van der Waals surface area contributed by atoms with Crippen molar-refractivity contribution in [3.05, 3.63) is 65.0 Å². The van der Waals surface area contributed by atoms with Crippen LogP contribution in [0.25, 0.3) is 0 Å². The van der Waals surface area contributed by atoms with Gasteiger partial charge in [0.1, 0.15) is 22.2 Å². The van der Waals surface area contributed by atoms with Crippen LogP contribution in [0.5, 0.6) is 0 Å². The number of allylic oxidation sites excluding steroid dienone is 1. The summed E-state index contributed by atoms with van der Waals surface area (Å²) in [4.78, 5) is 62.6. The summed E-state index contributed by atoms with van der Waals surface area (Å²) < 4.78 is 4.20. The number of nitrogens with zero attached hydrogens (tertiary/aromatic N) is 3. The summed E-state index contributed by atoms with van der Waals surface area (Å²) in [6.07, 6.45) is 4.66. The minimum Gasteiger partial charge on any atom is -0.388 e. The number of aromatic nitrogens is 3. The number of aryl methyl sites for hydroxylation is 2. The van der Waals surface area contributed by atoms with Crippen molar-refractivity contribution in [3.8, 4) is 0 Å². The molecule has 7 N–H and O–H groups in total. The van der Waals surface area contributed by atoms with E-state index >= 15 is 0 Å². The van der Waals surface area contributed by atoms with Crippen molar-refractivity contribution < 1.29 is 24.0 Å². The molecule has 15 heteroatoms. The van der Waals surface area contributed by atoms with Crippen LogP contribution in [-0.2, 0) is 25.9 Å². The van der Waals surface area contributed by atoms with Gasteiger partial charge in [-0.1, -0.05) is 18.2 Å². The number of anilines is 3. The van der Waals surface area contributed by atoms with Crippen LogP contribution in [0, 0.1) is 5.41 Å². The Morgan fingerprint density at radius 1 is 1.00 bits per heavy atom. The van der Waals surface area contributed by atoms with Gasteiger partial charge in [-0.25, -0.2) is 0 Å². The second-order valence-corrected chi connectivity index (χ2v) is 9.03. The summed E-state index contributed by atoms with van der Waals surface area (Å²) in [5, 5.41) is 17.5. The molecule has 210 valence electrons. The van der Waals surface area contributed by atoms with Crippen LogP contribution in [0.15, 0.2) is 37.2 Å². The molecule has 0 radical (unpaired) electrons. The number of carbonyl (C=O) groups is 5. The maximum atomic E-state index is 13.4. The largest absolute Gasteiger partial charge is 0.388 e. The lowest BCUT2D eigenvalue weighted by atomic mass is 10.1. The van der Waals surface area contributed by atoms with Gasteiger partial charge in [-0.3, -0.25) is 29.4 Å². The van der Waals surface area contributed by atoms with E-state index in [-0.39, 0.29) is 58.0 Å². The van der Waals surface area contributed by atoms with Crippen LogP contribution in [0.4, 0.5) is 17.1 Å². The molecule has 0 aliphatic carbocycles. The lowest BCUT2D eigenvalue weighted by Crippen LogP contribution is -2.28. The van der Waals surface area contributed by atoms with E-state index in [9.17, 15) is 24.0 Å². The normalized spacial score (nSPS) is 10.5. The van der Waals surface area contributed by atoms with Crippen LogP contribution in [-0.4, -0.2) is 56.0 Å². The van der Waals surface area contributed by atoms with E-state index in [0.29, 0.717) is 12.1 Å². The average Bonchev–Trinajstić information content (AvgIpc) is 3.52. The molecule has 0 aromatic carbocycles. The highest BCUT2D eigenvalue weighted by Gasteiger charge is 2.30. The van der Waals surface area contributed by atoms with Crippen LogP contribution >= 0.6 is 11.6 Å². The summed E-state index contributed by atoms with van der Waals surface area (Å²) in [6, 6.07) is 2.86. The molecule has 0 saturated heterocycles. The van der Waals surface area contributed by atoms with Crippen molar-refractivity contribution in [2.75, 3.05) is 22.5 Å². The Bertz CT molecular complexity index is 1550. The van der Waals surface area contributed by atoms with Crippen LogP contribution < -0.4 is 27.0 Å². The first-order chi connectivity index (χ1) is 18.9. The SMILES string of the molecule is C=CC(=O)c1c(NC(=O)c2cc(NC=O)cn2C)c(Cl)n(C)c1C(=O)Nc1cc(C(=O)NCCC(=N)N)n(C)c1. The maximum absolute atomic E-state index is 13.4. The van der Waals surface area contributed by atoms with Gasteiger partial charge in [0.05, 0.1) is 28.5 Å². The molecule has 0 unspecified atom stereocenters. The molecule has 14 nitrogen and oxygen atoms in total. The molecule has 3 aromatic heterocycles. The van der Waals surface area contributed by atoms with Crippen molar-refractivity contribution in [1.29, 1.82) is 5.41 Å². The molecule has 0 saturated carbocycles. The second-order valence-electron chi connectivity index (χ2n) is 8.67. The Kier molecular flexibility index (Phi) is 8.96. The number of hydrogen-bond acceptors (Lipinski definition) is 6. The topological polar surface area (TPSA) is 198 Å². The van der Waals surface area contributed by atoms with Crippen molar-refractivity contribution >= 4 is 64.4 Å². The number of rotatable bonds is 12. The van der Waals surface area contributed by atoms with E-state index in [2.05, 4.69) is 27.8 Å². The predicted octanol–water partition coefficient (Wildman–Crippen LogP) is 1.85. The lowest BCUT2D eigenvalue weighted by Gasteiger charge is -2.08. The van der Waals surface area contributed by atoms with Crippen LogP contribution in [0.2, 0.25) is 5.15 Å². The first kappa shape index (κ1) is 29.4. The fourth-order valence-electron chi connectivity index (χ4n) is 3.94. The molecule has 4 amide bonds. The monoisotopic (exact) mass is 569 g/mol. The Hall–Kier alpha value is -5.11. The van der Waals surface area contributed by atoms with Crippen molar-refractivity contribution in [2.24, 2.45) is 26.9 Å². The molecule has 0 spiro atoms. The highest BCUT2D eigenvalue weighted by molar-refractivity contribution is 6.36. The average molecular weight is 570 g/mol. The molecule has 0 aliphatic heterocycles. The first-order valence-electron chi connectivity index (χ1n) is 11.7. The van der Waals surface area contributed by atoms with E-state index in [0.717, 1.165) is 6.08 Å². The third kappa shape index (κ3) is 6.13. The Morgan fingerprint density at radius 3 is 2.20 bits per heavy atom. The number of hydrogen-bond donors (Lipinski definition) is 6. The maximum Gasteiger partial charge on any atom is 0.273 e. The summed E-state index contributed by atoms with van der Waals surface area (Å²) >= 11 is 6.47. The van der Waals surface area contributed by atoms with Crippen molar-refractivity contribution in [2.45, 2.75) is 6.42 Å². The molecule has 40 heavy (non-hydrogen) atoms. The van der Waals surface area contributed by atoms with E-state index in [1.165, 1.54) is 45.3 Å². The van der Waals surface area contributed by atoms with Gasteiger partial charge in [0.2, 0.25) is 6.41 Å². The number of amides is 4. The van der Waals surface area contributed by atoms with E-state index < -0.39 is 23.5 Å². The van der Waals surface area contributed by atoms with Gasteiger partial charge in [-0.05, 0) is 18.2 Å². The third-order valence-electron chi connectivity index (χ3n) is 5.85. The summed E-state index contributed by atoms with van der Waals surface area (Å²) in [5.74, 6) is -2.56. The smallest absolute Gasteiger partial charge is 0.273 e. The predicted molar refractivity (Wildman–Crippen MR) is 150 cm³/mol. The highest BCUT2D eigenvalue weighted by atomic mass is 35.5. The molecular formula is C25H28ClN9O5. The third-order valence-corrected chi connectivity index (χ3v) is 6.29. The molecule has 0 atom stereocenters. The molecule has 0 fully saturated rings. The fraction of sp³-hybridized carbons (Fsp3) is 0.200. The molecule has 3 aromatic rings. The van der Waals surface area contributed by atoms with Gasteiger partial charge in [0.15, 0.2) is 5.78 Å². The van der Waals surface area contributed by atoms with Gasteiger partial charge >= 0.3 is 0 Å². The lowest BCUT2D eigenvalue weighted by molar-refractivity contribution is -0.105. The Morgan fingerprint density at radius 2 is 1.60 bits per heavy atom. The second kappa shape index (κ2) is 12.2. The number of ketones is 1. The van der Waals surface area contributed by atoms with Gasteiger partial charge in [-0.15, -0.1) is 0 Å². The van der Waals surface area contributed by atoms with Gasteiger partial charge in [0.25, 0.3) is 17.7 Å². The standard InChI is InChI=1S/C25H28ClN9O5/c1-5-17(37)19-20(32-24(39)16-8-13(30-12-36)10-33(16)2)22(26)35(4)21(19)25(40)31-14-9-15(34(3)11-14)23(38)29-7-6-18(27)28/h5,8-12H,1,6-7H2,2-4H3,(H3,27,28)(H,29,38)(H,30,36)(H,31,40)(H,32,39). The molecule has 3 heterocycles. The van der Waals surface area contributed by atoms with Gasteiger partial charge in [0, 0.05) is 46.5 Å². The minimum atomic E-state index is -0.736. The summed E-state index contributed by atoms with van der Waals surface area (Å²) in [6.45, 7) is 3.65. The zero-order valence-electron chi connectivity index (χ0n) is 21.9. The number of halogens is 1. The molecule has 0 bridgehead atoms. The number of nitrogens with one attached hydrogen (secondary N) is 5. The van der Waals surface area contributed by atoms with Crippen LogP contribution in [0.1, 0.15) is 48.2 Å².